The van der Waals surface area contributed by atoms with Gasteiger partial charge in [0, 0.05) is 44.5 Å². The van der Waals surface area contributed by atoms with Gasteiger partial charge in [0.1, 0.15) is 5.82 Å². The lowest BCUT2D eigenvalue weighted by atomic mass is 10.3. The highest BCUT2D eigenvalue weighted by Crippen LogP contribution is 2.17. The van der Waals surface area contributed by atoms with Crippen LogP contribution in [0.25, 0.3) is 11.2 Å². The molecule has 3 rings (SSSR count). The van der Waals surface area contributed by atoms with Gasteiger partial charge in [-0.2, -0.15) is 11.8 Å². The maximum Gasteiger partial charge on any atom is 0.421 e. The van der Waals surface area contributed by atoms with Crippen LogP contribution >= 0.6 is 11.8 Å². The van der Waals surface area contributed by atoms with Crippen molar-refractivity contribution < 1.29 is 4.42 Å². The molecule has 0 aromatic carbocycles. The third-order valence-corrected chi connectivity index (χ3v) is 4.43. The highest BCUT2D eigenvalue weighted by Gasteiger charge is 2.09. The van der Waals surface area contributed by atoms with Gasteiger partial charge >= 0.3 is 5.76 Å². The molecule has 23 heavy (non-hydrogen) atoms. The van der Waals surface area contributed by atoms with Gasteiger partial charge in [0.15, 0.2) is 11.2 Å². The van der Waals surface area contributed by atoms with Crippen LogP contribution in [-0.2, 0) is 12.3 Å². The second-order valence-electron chi connectivity index (χ2n) is 5.31. The quantitative estimate of drug-likeness (QED) is 0.647. The van der Waals surface area contributed by atoms with Crippen LogP contribution in [0.15, 0.2) is 45.9 Å². The Morgan fingerprint density at radius 3 is 2.96 bits per heavy atom. The van der Waals surface area contributed by atoms with Gasteiger partial charge in [0.2, 0.25) is 0 Å². The minimum absolute atomic E-state index is 0.349. The molecule has 3 aromatic rings. The van der Waals surface area contributed by atoms with E-state index >= 15 is 0 Å². The van der Waals surface area contributed by atoms with Gasteiger partial charge in [-0.3, -0.25) is 4.57 Å². The minimum atomic E-state index is -0.349. The Hall–Kier alpha value is -2.28. The number of aryl methyl sites for hydroxylation is 1. The Balaban J connectivity index is 1.60. The van der Waals surface area contributed by atoms with Crippen LogP contribution < -0.4 is 10.7 Å². The Morgan fingerprint density at radius 2 is 2.13 bits per heavy atom. The molecule has 0 unspecified atom stereocenters. The second-order valence-corrected chi connectivity index (χ2v) is 6.42. The fraction of sp³-hybridized carbons (Fsp3) is 0.312. The van der Waals surface area contributed by atoms with Gasteiger partial charge in [-0.15, -0.1) is 0 Å². The molecule has 0 spiro atoms. The normalized spacial score (nSPS) is 11.0. The van der Waals surface area contributed by atoms with Crippen molar-refractivity contribution in [1.82, 2.24) is 14.5 Å². The zero-order chi connectivity index (χ0) is 16.2. The van der Waals surface area contributed by atoms with Crippen LogP contribution in [0, 0.1) is 0 Å². The number of hydrogen-bond acceptors (Lipinski definition) is 6. The summed E-state index contributed by atoms with van der Waals surface area (Å²) in [6, 6.07) is 7.61. The van der Waals surface area contributed by atoms with Crippen molar-refractivity contribution in [3.8, 4) is 0 Å². The minimum Gasteiger partial charge on any atom is -0.406 e. The number of rotatable bonds is 6. The molecule has 0 aliphatic carbocycles. The zero-order valence-electron chi connectivity index (χ0n) is 13.1. The number of oxazole rings is 1. The van der Waals surface area contributed by atoms with Crippen LogP contribution in [0.5, 0.6) is 0 Å². The zero-order valence-corrected chi connectivity index (χ0v) is 13.9. The van der Waals surface area contributed by atoms with Crippen molar-refractivity contribution in [1.29, 1.82) is 0 Å². The lowest BCUT2D eigenvalue weighted by Crippen LogP contribution is -2.16. The summed E-state index contributed by atoms with van der Waals surface area (Å²) in [5, 5.41) is 0. The molecular formula is C16H18N4O2S. The highest BCUT2D eigenvalue weighted by molar-refractivity contribution is 7.98. The van der Waals surface area contributed by atoms with Gasteiger partial charge in [-0.25, -0.2) is 14.8 Å². The fourth-order valence-corrected chi connectivity index (χ4v) is 3.11. The molecular weight excluding hydrogens is 312 g/mol. The van der Waals surface area contributed by atoms with Gasteiger partial charge in [0.05, 0.1) is 0 Å². The lowest BCUT2D eigenvalue weighted by Gasteiger charge is -2.12. The standard InChI is InChI=1S/C16H18N4O2S/c1-19(2)14-10-12(5-7-17-14)11-23-9-8-20-15-13(22-16(20)21)4-3-6-18-15/h3-7,10H,8-9,11H2,1-2H3. The summed E-state index contributed by atoms with van der Waals surface area (Å²) in [5.41, 5.74) is 2.36. The summed E-state index contributed by atoms with van der Waals surface area (Å²) in [5.74, 6) is 2.29. The summed E-state index contributed by atoms with van der Waals surface area (Å²) < 4.78 is 6.76. The predicted molar refractivity (Wildman–Crippen MR) is 93.0 cm³/mol. The van der Waals surface area contributed by atoms with E-state index in [0.717, 1.165) is 17.3 Å². The van der Waals surface area contributed by atoms with Crippen LogP contribution in [0.1, 0.15) is 5.56 Å². The van der Waals surface area contributed by atoms with E-state index in [2.05, 4.69) is 16.0 Å². The van der Waals surface area contributed by atoms with Gasteiger partial charge < -0.3 is 9.32 Å². The van der Waals surface area contributed by atoms with E-state index in [4.69, 9.17) is 4.42 Å². The summed E-state index contributed by atoms with van der Waals surface area (Å²) in [7, 11) is 3.95. The first-order valence-corrected chi connectivity index (χ1v) is 8.45. The van der Waals surface area contributed by atoms with Gasteiger partial charge in [-0.1, -0.05) is 0 Å². The molecule has 120 valence electrons. The SMILES string of the molecule is CN(C)c1cc(CSCCn2c(=O)oc3cccnc32)ccn1. The average Bonchev–Trinajstić information content (AvgIpc) is 2.87. The first-order valence-electron chi connectivity index (χ1n) is 7.29. The number of pyridine rings is 2. The molecule has 0 bridgehead atoms. The molecule has 0 fully saturated rings. The molecule has 0 radical (unpaired) electrons. The largest absolute Gasteiger partial charge is 0.421 e. The first-order chi connectivity index (χ1) is 11.1. The topological polar surface area (TPSA) is 64.2 Å². The van der Waals surface area contributed by atoms with E-state index in [9.17, 15) is 4.79 Å². The summed E-state index contributed by atoms with van der Waals surface area (Å²) in [6.45, 7) is 0.582. The van der Waals surface area contributed by atoms with Crippen molar-refractivity contribution in [3.05, 3.63) is 52.8 Å². The van der Waals surface area contributed by atoms with Crippen LogP contribution in [0.4, 0.5) is 5.82 Å². The van der Waals surface area contributed by atoms with Crippen molar-refractivity contribution >= 4 is 28.8 Å². The summed E-state index contributed by atoms with van der Waals surface area (Å²) in [4.78, 5) is 22.4. The third kappa shape index (κ3) is 3.56. The number of hydrogen-bond donors (Lipinski definition) is 0. The molecule has 3 heterocycles. The number of nitrogens with zero attached hydrogens (tertiary/aromatic N) is 4. The molecule has 0 saturated carbocycles. The predicted octanol–water partition coefficient (Wildman–Crippen LogP) is 2.38. The molecule has 0 aliphatic heterocycles. The van der Waals surface area contributed by atoms with Gasteiger partial charge in [0.25, 0.3) is 0 Å². The van der Waals surface area contributed by atoms with E-state index in [-0.39, 0.29) is 5.76 Å². The Morgan fingerprint density at radius 1 is 1.26 bits per heavy atom. The van der Waals surface area contributed by atoms with Crippen molar-refractivity contribution in [2.45, 2.75) is 12.3 Å². The summed E-state index contributed by atoms with van der Waals surface area (Å²) in [6.07, 6.45) is 3.49. The maximum absolute atomic E-state index is 11.9. The van der Waals surface area contributed by atoms with Crippen LogP contribution in [0.2, 0.25) is 0 Å². The molecule has 0 saturated heterocycles. The smallest absolute Gasteiger partial charge is 0.406 e. The Labute approximate surface area is 138 Å². The highest BCUT2D eigenvalue weighted by atomic mass is 32.2. The molecule has 0 atom stereocenters. The summed E-state index contributed by atoms with van der Waals surface area (Å²) >= 11 is 1.77. The van der Waals surface area contributed by atoms with E-state index in [1.807, 2.05) is 31.3 Å². The maximum atomic E-state index is 11.9. The number of thioether (sulfide) groups is 1. The number of anilines is 1. The second kappa shape index (κ2) is 6.87. The first kappa shape index (κ1) is 15.6. The van der Waals surface area contributed by atoms with Crippen molar-refractivity contribution in [3.63, 3.8) is 0 Å². The average molecular weight is 330 g/mol. The molecule has 7 heteroatoms. The number of fused-ring (bicyclic) bond motifs is 1. The van der Waals surface area contributed by atoms with E-state index in [1.165, 1.54) is 5.56 Å². The van der Waals surface area contributed by atoms with E-state index in [0.29, 0.717) is 17.8 Å². The third-order valence-electron chi connectivity index (χ3n) is 3.42. The van der Waals surface area contributed by atoms with E-state index < -0.39 is 0 Å². The molecule has 3 aromatic heterocycles. The molecule has 6 nitrogen and oxygen atoms in total. The number of aromatic nitrogens is 3. The van der Waals surface area contributed by atoms with Crippen LogP contribution in [0.3, 0.4) is 0 Å². The fourth-order valence-electron chi connectivity index (χ4n) is 2.24. The lowest BCUT2D eigenvalue weighted by molar-refractivity contribution is 0.514. The Kier molecular flexibility index (Phi) is 4.66. The molecule has 0 N–H and O–H groups in total. The molecule has 0 aliphatic rings. The van der Waals surface area contributed by atoms with Crippen molar-refractivity contribution in [2.75, 3.05) is 24.7 Å². The van der Waals surface area contributed by atoms with Crippen molar-refractivity contribution in [2.24, 2.45) is 0 Å². The van der Waals surface area contributed by atoms with Gasteiger partial charge in [-0.05, 0) is 29.8 Å². The van der Waals surface area contributed by atoms with Crippen LogP contribution in [-0.4, -0.2) is 34.4 Å². The van der Waals surface area contributed by atoms with E-state index in [1.54, 1.807) is 34.7 Å². The Bertz CT molecular complexity index is 856. The monoisotopic (exact) mass is 330 g/mol. The molecule has 0 amide bonds.